The lowest BCUT2D eigenvalue weighted by Crippen LogP contribution is -2.79. The maximum atomic E-state index is 12.4. The highest BCUT2D eigenvalue weighted by molar-refractivity contribution is 5.96. The van der Waals surface area contributed by atoms with E-state index in [1.807, 2.05) is 6.07 Å². The maximum Gasteiger partial charge on any atom is 0.252 e. The molecule has 4 fully saturated rings. The van der Waals surface area contributed by atoms with Crippen LogP contribution in [0.15, 0.2) is 12.1 Å². The minimum Gasteiger partial charge on any atom is -0.507 e. The molecule has 5 heteroatoms. The minimum atomic E-state index is -0.799. The fourth-order valence-electron chi connectivity index (χ4n) is 8.74. The van der Waals surface area contributed by atoms with Crippen molar-refractivity contribution in [3.05, 3.63) is 28.8 Å². The van der Waals surface area contributed by atoms with E-state index in [9.17, 15) is 15.0 Å². The topological polar surface area (TPSA) is 83.6 Å². The molecule has 5 aliphatic rings. The van der Waals surface area contributed by atoms with Gasteiger partial charge >= 0.3 is 0 Å². The molecule has 1 aromatic rings. The summed E-state index contributed by atoms with van der Waals surface area (Å²) in [6, 6.07) is 3.92. The van der Waals surface area contributed by atoms with Crippen LogP contribution < -0.4 is 5.73 Å². The van der Waals surface area contributed by atoms with Crippen molar-refractivity contribution in [2.24, 2.45) is 17.1 Å². The maximum absolute atomic E-state index is 12.4. The molecule has 4 N–H and O–H groups in total. The molecule has 1 amide bonds. The van der Waals surface area contributed by atoms with Gasteiger partial charge in [0.25, 0.3) is 5.91 Å². The average molecular weight is 384 g/mol. The van der Waals surface area contributed by atoms with E-state index in [0.29, 0.717) is 0 Å². The number of hydrogen-bond acceptors (Lipinski definition) is 3. The lowest BCUT2D eigenvalue weighted by molar-refractivity contribution is -0.999. The molecule has 2 spiro atoms. The summed E-state index contributed by atoms with van der Waals surface area (Å²) in [6.07, 6.45) is 8.33. The molecule has 0 radical (unpaired) electrons. The van der Waals surface area contributed by atoms with Gasteiger partial charge in [-0.25, -0.2) is 0 Å². The van der Waals surface area contributed by atoms with Crippen LogP contribution in [0.2, 0.25) is 0 Å². The molecule has 1 aliphatic heterocycles. The Balaban J connectivity index is 1.56. The average Bonchev–Trinajstić information content (AvgIpc) is 3.37. The number of carbonyl (C=O) groups is 1. The number of carbonyl (C=O) groups excluding carboxylic acids is 1. The zero-order valence-electron chi connectivity index (χ0n) is 16.7. The van der Waals surface area contributed by atoms with Crippen LogP contribution in [0, 0.1) is 11.3 Å². The fraction of sp³-hybridized carbons (Fsp3) is 0.696. The summed E-state index contributed by atoms with van der Waals surface area (Å²) in [5.41, 5.74) is 6.64. The standard InChI is InChI=1S/C23H30N2O3/c1-25(11-14-4-5-14)13-21-10-15-6-7-16(19(24)27)18(26)17(15)22(12-21)8-2-3-9-23(22,28)20(21)25/h6-7,14,20,28H,2-5,8-13H2,1H3,(H2-,24,26,27)/p+1/t20-,21?,22+,23-,25?/m1/s1. The molecular weight excluding hydrogens is 352 g/mol. The minimum absolute atomic E-state index is 0.0397. The number of nitrogens with two attached hydrogens (primary N) is 1. The summed E-state index contributed by atoms with van der Waals surface area (Å²) >= 11 is 0. The Labute approximate surface area is 166 Å². The number of rotatable bonds is 3. The van der Waals surface area contributed by atoms with Crippen LogP contribution in [0.5, 0.6) is 5.75 Å². The molecule has 150 valence electrons. The first-order chi connectivity index (χ1) is 13.2. The number of amides is 1. The summed E-state index contributed by atoms with van der Waals surface area (Å²) in [5.74, 6) is 0.271. The van der Waals surface area contributed by atoms with E-state index in [1.54, 1.807) is 6.07 Å². The summed E-state index contributed by atoms with van der Waals surface area (Å²) < 4.78 is 0.986. The molecule has 5 nitrogen and oxygen atoms in total. The molecule has 2 bridgehead atoms. The van der Waals surface area contributed by atoms with Crippen molar-refractivity contribution < 1.29 is 19.5 Å². The van der Waals surface area contributed by atoms with Gasteiger partial charge in [0, 0.05) is 16.9 Å². The molecule has 3 saturated carbocycles. The van der Waals surface area contributed by atoms with E-state index in [2.05, 4.69) is 7.05 Å². The van der Waals surface area contributed by atoms with Crippen molar-refractivity contribution in [3.8, 4) is 5.75 Å². The van der Waals surface area contributed by atoms with Gasteiger partial charge < -0.3 is 20.4 Å². The molecule has 0 aromatic heterocycles. The number of aromatic hydroxyl groups is 1. The molecule has 5 atom stereocenters. The Morgan fingerprint density at radius 3 is 2.75 bits per heavy atom. The van der Waals surface area contributed by atoms with Crippen molar-refractivity contribution in [1.29, 1.82) is 0 Å². The van der Waals surface area contributed by atoms with Crippen molar-refractivity contribution >= 4 is 5.91 Å². The molecule has 1 heterocycles. The zero-order chi connectivity index (χ0) is 19.5. The Hall–Kier alpha value is -1.59. The predicted octanol–water partition coefficient (Wildman–Crippen LogP) is 2.22. The quantitative estimate of drug-likeness (QED) is 0.700. The number of benzene rings is 1. The largest absolute Gasteiger partial charge is 0.507 e. The Morgan fingerprint density at radius 1 is 1.29 bits per heavy atom. The summed E-state index contributed by atoms with van der Waals surface area (Å²) in [7, 11) is 2.36. The molecule has 4 aliphatic carbocycles. The van der Waals surface area contributed by atoms with Crippen LogP contribution in [0.1, 0.15) is 66.4 Å². The number of primary amides is 1. The van der Waals surface area contributed by atoms with Gasteiger partial charge in [-0.15, -0.1) is 0 Å². The van der Waals surface area contributed by atoms with Crippen LogP contribution in [-0.2, 0) is 11.8 Å². The number of quaternary nitrogens is 1. The van der Waals surface area contributed by atoms with Crippen LogP contribution in [0.3, 0.4) is 0 Å². The van der Waals surface area contributed by atoms with Crippen LogP contribution in [0.4, 0.5) is 0 Å². The Kier molecular flexibility index (Phi) is 3.04. The summed E-state index contributed by atoms with van der Waals surface area (Å²) in [4.78, 5) is 11.9. The van der Waals surface area contributed by atoms with Gasteiger partial charge in [-0.3, -0.25) is 4.79 Å². The first kappa shape index (κ1) is 17.3. The predicted molar refractivity (Wildman–Crippen MR) is 105 cm³/mol. The van der Waals surface area contributed by atoms with Crippen LogP contribution in [-0.4, -0.2) is 52.4 Å². The lowest BCUT2D eigenvalue weighted by atomic mass is 9.58. The number of nitrogens with zero attached hydrogens (tertiary/aromatic N) is 1. The second-order valence-electron chi connectivity index (χ2n) is 11.0. The summed E-state index contributed by atoms with van der Waals surface area (Å²) in [6.45, 7) is 2.32. The van der Waals surface area contributed by atoms with Gasteiger partial charge in [0.15, 0.2) is 0 Å². The number of fused-ring (bicyclic) bond motifs is 2. The molecule has 6 rings (SSSR count). The highest BCUT2D eigenvalue weighted by atomic mass is 16.3. The van der Waals surface area contributed by atoms with Crippen LogP contribution in [0.25, 0.3) is 0 Å². The van der Waals surface area contributed by atoms with Crippen molar-refractivity contribution in [2.75, 3.05) is 20.1 Å². The van der Waals surface area contributed by atoms with Gasteiger partial charge in [0.05, 0.1) is 31.1 Å². The molecular formula is C23H31N2O3+. The third-order valence-corrected chi connectivity index (χ3v) is 9.15. The molecule has 2 unspecified atom stereocenters. The number of hydrogen-bond donors (Lipinski definition) is 3. The normalized spacial score (nSPS) is 45.6. The van der Waals surface area contributed by atoms with Crippen molar-refractivity contribution in [2.45, 2.75) is 68.4 Å². The second-order valence-corrected chi connectivity index (χ2v) is 11.0. The van der Waals surface area contributed by atoms with Gasteiger partial charge in [0.1, 0.15) is 17.4 Å². The van der Waals surface area contributed by atoms with Gasteiger partial charge in [0.2, 0.25) is 0 Å². The van der Waals surface area contributed by atoms with Crippen molar-refractivity contribution in [1.82, 2.24) is 0 Å². The van der Waals surface area contributed by atoms with E-state index >= 15 is 0 Å². The van der Waals surface area contributed by atoms with Crippen molar-refractivity contribution in [3.63, 3.8) is 0 Å². The third kappa shape index (κ3) is 1.79. The van der Waals surface area contributed by atoms with E-state index in [4.69, 9.17) is 5.73 Å². The van der Waals surface area contributed by atoms with E-state index < -0.39 is 16.9 Å². The van der Waals surface area contributed by atoms with Gasteiger partial charge in [-0.1, -0.05) is 18.9 Å². The van der Waals surface area contributed by atoms with Crippen LogP contribution >= 0.6 is 0 Å². The number of likely N-dealkylation sites (N-methyl/N-ethyl adjacent to an activating group) is 1. The van der Waals surface area contributed by atoms with Gasteiger partial charge in [-0.05, 0) is 50.2 Å². The fourth-order valence-corrected chi connectivity index (χ4v) is 8.74. The molecule has 28 heavy (non-hydrogen) atoms. The number of likely N-dealkylation sites (tertiary alicyclic amines) is 1. The Bertz CT molecular complexity index is 911. The SMILES string of the molecule is C[N+]1(CC2CC2)CC23Cc4ccc(C(N)=O)c(O)c4[C@]4(CCCC[C@@]4(O)[C@@H]21)C3. The first-order valence-corrected chi connectivity index (χ1v) is 11.0. The molecule has 1 saturated heterocycles. The number of phenols is 1. The highest BCUT2D eigenvalue weighted by Crippen LogP contribution is 2.74. The Morgan fingerprint density at radius 2 is 2.04 bits per heavy atom. The first-order valence-electron chi connectivity index (χ1n) is 11.0. The number of aliphatic hydroxyl groups is 1. The third-order valence-electron chi connectivity index (χ3n) is 9.15. The lowest BCUT2D eigenvalue weighted by Gasteiger charge is -2.62. The highest BCUT2D eigenvalue weighted by Gasteiger charge is 2.83. The summed E-state index contributed by atoms with van der Waals surface area (Å²) in [5, 5.41) is 23.5. The smallest absolute Gasteiger partial charge is 0.252 e. The van der Waals surface area contributed by atoms with E-state index in [-0.39, 0.29) is 22.8 Å². The van der Waals surface area contributed by atoms with Gasteiger partial charge in [-0.2, -0.15) is 0 Å². The van der Waals surface area contributed by atoms with E-state index in [1.165, 1.54) is 19.4 Å². The monoisotopic (exact) mass is 383 g/mol. The second kappa shape index (κ2) is 4.93. The molecule has 1 aromatic carbocycles. The zero-order valence-corrected chi connectivity index (χ0v) is 16.7. The van der Waals surface area contributed by atoms with E-state index in [0.717, 1.165) is 66.6 Å².